The third-order valence-corrected chi connectivity index (χ3v) is 8.61. The fraction of sp³-hybridized carbons (Fsp3) is 0.621. The van der Waals surface area contributed by atoms with Gasteiger partial charge in [0.1, 0.15) is 5.82 Å². The fourth-order valence-corrected chi connectivity index (χ4v) is 6.59. The number of halogens is 3. The summed E-state index contributed by atoms with van der Waals surface area (Å²) < 4.78 is 49.5. The smallest absolute Gasteiger partial charge is 0.418 e. The van der Waals surface area contributed by atoms with Crippen molar-refractivity contribution >= 4 is 22.4 Å². The van der Waals surface area contributed by atoms with Gasteiger partial charge in [0, 0.05) is 42.5 Å². The first-order valence-electron chi connectivity index (χ1n) is 14.2. The van der Waals surface area contributed by atoms with Gasteiger partial charge in [0.25, 0.3) is 0 Å². The highest BCUT2D eigenvalue weighted by atomic mass is 19.4. The molecule has 40 heavy (non-hydrogen) atoms. The molecular formula is C29H38F3N7O. The minimum absolute atomic E-state index is 0.116. The summed E-state index contributed by atoms with van der Waals surface area (Å²) in [5.41, 5.74) is 2.21. The number of benzene rings is 1. The van der Waals surface area contributed by atoms with Gasteiger partial charge >= 0.3 is 12.2 Å². The van der Waals surface area contributed by atoms with Crippen LogP contribution in [0.25, 0.3) is 10.9 Å². The van der Waals surface area contributed by atoms with Crippen molar-refractivity contribution in [2.24, 2.45) is 11.3 Å². The molecule has 2 fully saturated rings. The molecule has 3 aliphatic rings. The Morgan fingerprint density at radius 1 is 1.18 bits per heavy atom. The highest BCUT2D eigenvalue weighted by molar-refractivity contribution is 5.95. The van der Waals surface area contributed by atoms with Crippen LogP contribution in [0.3, 0.4) is 0 Å². The Kier molecular flexibility index (Phi) is 6.83. The van der Waals surface area contributed by atoms with E-state index in [0.29, 0.717) is 42.4 Å². The van der Waals surface area contributed by atoms with Gasteiger partial charge in [0.2, 0.25) is 0 Å². The quantitative estimate of drug-likeness (QED) is 0.428. The summed E-state index contributed by atoms with van der Waals surface area (Å²) in [6.45, 7) is 7.74. The number of hydrogen-bond donors (Lipinski definition) is 1. The number of nitrogens with one attached hydrogen (secondary N) is 1. The van der Waals surface area contributed by atoms with Crippen molar-refractivity contribution < 1.29 is 17.9 Å². The molecule has 2 aliphatic heterocycles. The summed E-state index contributed by atoms with van der Waals surface area (Å²) in [7, 11) is 4.13. The van der Waals surface area contributed by atoms with Crippen LogP contribution >= 0.6 is 0 Å². The van der Waals surface area contributed by atoms with Crippen molar-refractivity contribution in [3.8, 4) is 6.01 Å². The fourth-order valence-electron chi connectivity index (χ4n) is 6.59. The molecule has 1 aliphatic carbocycles. The number of H-pyrrole nitrogens is 1. The van der Waals surface area contributed by atoms with Crippen LogP contribution in [0.5, 0.6) is 6.01 Å². The number of rotatable bonds is 7. The number of hydrogen-bond acceptors (Lipinski definition) is 7. The number of fused-ring (bicyclic) bond motifs is 2. The Balaban J connectivity index is 1.38. The van der Waals surface area contributed by atoms with E-state index < -0.39 is 11.7 Å². The largest absolute Gasteiger partial charge is 0.463 e. The zero-order valence-corrected chi connectivity index (χ0v) is 23.7. The van der Waals surface area contributed by atoms with Crippen molar-refractivity contribution in [1.29, 1.82) is 0 Å². The van der Waals surface area contributed by atoms with Gasteiger partial charge in [-0.25, -0.2) is 0 Å². The normalized spacial score (nSPS) is 20.8. The number of ether oxygens (including phenoxy) is 1. The summed E-state index contributed by atoms with van der Waals surface area (Å²) in [5.74, 6) is 1.44. The Morgan fingerprint density at radius 3 is 2.67 bits per heavy atom. The molecule has 4 heterocycles. The first-order chi connectivity index (χ1) is 19.0. The molecule has 2 aromatic heterocycles. The predicted octanol–water partition coefficient (Wildman–Crippen LogP) is 5.20. The van der Waals surface area contributed by atoms with Gasteiger partial charge in [0.05, 0.1) is 41.8 Å². The molecule has 1 unspecified atom stereocenters. The Hall–Kier alpha value is -3.08. The Labute approximate surface area is 232 Å². The van der Waals surface area contributed by atoms with Crippen molar-refractivity contribution in [2.45, 2.75) is 58.7 Å². The number of piperidine rings is 1. The maximum atomic E-state index is 14.4. The van der Waals surface area contributed by atoms with E-state index in [-0.39, 0.29) is 23.2 Å². The van der Waals surface area contributed by atoms with E-state index in [1.165, 1.54) is 25.6 Å². The molecule has 0 spiro atoms. The van der Waals surface area contributed by atoms with Gasteiger partial charge < -0.3 is 19.4 Å². The van der Waals surface area contributed by atoms with Gasteiger partial charge in [0.15, 0.2) is 0 Å². The molecule has 1 saturated heterocycles. The second-order valence-corrected chi connectivity index (χ2v) is 12.4. The summed E-state index contributed by atoms with van der Waals surface area (Å²) in [6, 6.07) is 1.85. The molecule has 8 nitrogen and oxygen atoms in total. The average molecular weight is 558 g/mol. The van der Waals surface area contributed by atoms with Crippen LogP contribution in [0.4, 0.5) is 24.7 Å². The number of anilines is 2. The molecule has 1 N–H and O–H groups in total. The van der Waals surface area contributed by atoms with Gasteiger partial charge in [-0.2, -0.15) is 28.2 Å². The Morgan fingerprint density at radius 2 is 1.98 bits per heavy atom. The van der Waals surface area contributed by atoms with Crippen LogP contribution in [-0.4, -0.2) is 71.9 Å². The maximum Gasteiger partial charge on any atom is 0.418 e. The number of aromatic amines is 1. The summed E-state index contributed by atoms with van der Waals surface area (Å²) in [4.78, 5) is 16.1. The first-order valence-corrected chi connectivity index (χ1v) is 14.2. The van der Waals surface area contributed by atoms with E-state index in [0.717, 1.165) is 56.0 Å². The molecule has 1 aromatic carbocycles. The van der Waals surface area contributed by atoms with Gasteiger partial charge in [-0.05, 0) is 70.7 Å². The summed E-state index contributed by atoms with van der Waals surface area (Å²) >= 11 is 0. The highest BCUT2D eigenvalue weighted by Crippen LogP contribution is 2.47. The van der Waals surface area contributed by atoms with Crippen LogP contribution in [0, 0.1) is 18.3 Å². The number of nitrogens with zero attached hydrogens (tertiary/aromatic N) is 6. The minimum Gasteiger partial charge on any atom is -0.463 e. The zero-order valence-electron chi connectivity index (χ0n) is 23.7. The molecule has 0 radical (unpaired) electrons. The number of aromatic nitrogens is 4. The van der Waals surface area contributed by atoms with Crippen LogP contribution in [-0.2, 0) is 19.1 Å². The molecule has 11 heteroatoms. The van der Waals surface area contributed by atoms with E-state index >= 15 is 0 Å². The second kappa shape index (κ2) is 10.1. The lowest BCUT2D eigenvalue weighted by molar-refractivity contribution is -0.137. The molecule has 3 aromatic rings. The molecule has 0 bridgehead atoms. The van der Waals surface area contributed by atoms with Crippen LogP contribution < -0.4 is 14.5 Å². The lowest BCUT2D eigenvalue weighted by Gasteiger charge is -2.37. The summed E-state index contributed by atoms with van der Waals surface area (Å²) in [6.07, 6.45) is 2.04. The van der Waals surface area contributed by atoms with Gasteiger partial charge in [-0.1, -0.05) is 6.92 Å². The van der Waals surface area contributed by atoms with Crippen molar-refractivity contribution in [2.75, 3.05) is 56.7 Å². The standard InChI is InChI=1S/C29H38F3N7O/c1-18-6-5-10-39(14-18)26-20-7-11-38(25-21-13-33-36-22(21)12-19(2)24(25)29(30,31)32)15-23(20)34-27(35-26)40-17-28(8-9-28)16-37(3)4/h12-13,18H,5-11,14-17H2,1-4H3,(H,33,36). The lowest BCUT2D eigenvalue weighted by atomic mass is 9.96. The van der Waals surface area contributed by atoms with Crippen molar-refractivity contribution in [1.82, 2.24) is 25.1 Å². The maximum absolute atomic E-state index is 14.4. The molecule has 6 rings (SSSR count). The van der Waals surface area contributed by atoms with Gasteiger partial charge in [-0.3, -0.25) is 5.10 Å². The predicted molar refractivity (Wildman–Crippen MR) is 149 cm³/mol. The third-order valence-electron chi connectivity index (χ3n) is 8.61. The molecular weight excluding hydrogens is 519 g/mol. The van der Waals surface area contributed by atoms with Crippen molar-refractivity contribution in [3.63, 3.8) is 0 Å². The van der Waals surface area contributed by atoms with Crippen LogP contribution in [0.15, 0.2) is 12.3 Å². The zero-order chi connectivity index (χ0) is 28.2. The number of aryl methyl sites for hydroxylation is 1. The summed E-state index contributed by atoms with van der Waals surface area (Å²) in [5, 5.41) is 7.38. The SMILES string of the molecule is Cc1cc2[nH]ncc2c(N2CCc3c(nc(OCC4(CN(C)C)CC4)nc3N3CCCC(C)C3)C2)c1C(F)(F)F. The minimum atomic E-state index is -4.49. The molecule has 0 amide bonds. The third kappa shape index (κ3) is 5.20. The Bertz CT molecular complexity index is 1400. The van der Waals surface area contributed by atoms with E-state index in [1.54, 1.807) is 0 Å². The first kappa shape index (κ1) is 27.1. The monoisotopic (exact) mass is 557 g/mol. The topological polar surface area (TPSA) is 73.4 Å². The molecule has 216 valence electrons. The van der Waals surface area contributed by atoms with E-state index in [2.05, 4.69) is 41.0 Å². The highest BCUT2D eigenvalue weighted by Gasteiger charge is 2.44. The lowest BCUT2D eigenvalue weighted by Crippen LogP contribution is -2.39. The number of alkyl halides is 3. The van der Waals surface area contributed by atoms with E-state index in [4.69, 9.17) is 14.7 Å². The average Bonchev–Trinajstić information content (AvgIpc) is 3.48. The second-order valence-electron chi connectivity index (χ2n) is 12.4. The van der Waals surface area contributed by atoms with Crippen molar-refractivity contribution in [3.05, 3.63) is 34.6 Å². The van der Waals surface area contributed by atoms with Crippen LogP contribution in [0.2, 0.25) is 0 Å². The van der Waals surface area contributed by atoms with E-state index in [1.807, 2.05) is 4.90 Å². The van der Waals surface area contributed by atoms with Gasteiger partial charge in [-0.15, -0.1) is 0 Å². The van der Waals surface area contributed by atoms with Crippen LogP contribution in [0.1, 0.15) is 55.0 Å². The van der Waals surface area contributed by atoms with E-state index in [9.17, 15) is 13.2 Å². The molecule has 1 saturated carbocycles. The molecule has 1 atom stereocenters.